The molecule has 2 heteroatoms. The van der Waals surface area contributed by atoms with Crippen molar-refractivity contribution in [3.63, 3.8) is 0 Å². The highest BCUT2D eigenvalue weighted by Crippen LogP contribution is 2.63. The fraction of sp³-hybridized carbons (Fsp3) is 0.692. The molecule has 2 aliphatic carbocycles. The predicted molar refractivity (Wildman–Crippen MR) is 59.8 cm³/mol. The van der Waals surface area contributed by atoms with Crippen LogP contribution in [0.15, 0.2) is 10.5 Å². The van der Waals surface area contributed by atoms with Crippen molar-refractivity contribution in [3.05, 3.63) is 23.2 Å². The Balaban J connectivity index is 1.99. The quantitative estimate of drug-likeness (QED) is 0.806. The molecule has 3 rings (SSSR count). The topological polar surface area (TPSA) is 39.2 Å². The third-order valence-corrected chi connectivity index (χ3v) is 4.28. The summed E-state index contributed by atoms with van der Waals surface area (Å²) in [5, 5.41) is 0. The van der Waals surface area contributed by atoms with Crippen LogP contribution < -0.4 is 5.73 Å². The first-order valence-electron chi connectivity index (χ1n) is 6.04. The Morgan fingerprint density at radius 3 is 2.93 bits per heavy atom. The lowest BCUT2D eigenvalue weighted by Crippen LogP contribution is -2.23. The number of rotatable bonds is 2. The second-order valence-corrected chi connectivity index (χ2v) is 5.23. The molecule has 2 aliphatic rings. The minimum Gasteiger partial charge on any atom is -0.466 e. The first kappa shape index (κ1) is 9.46. The van der Waals surface area contributed by atoms with Crippen LogP contribution in [0, 0.1) is 12.3 Å². The molecule has 1 unspecified atom stereocenters. The van der Waals surface area contributed by atoms with E-state index in [-0.39, 0.29) is 0 Å². The summed E-state index contributed by atoms with van der Waals surface area (Å²) in [5.41, 5.74) is 7.83. The van der Waals surface area contributed by atoms with E-state index in [1.807, 2.05) is 0 Å². The van der Waals surface area contributed by atoms with Gasteiger partial charge in [-0.15, -0.1) is 0 Å². The van der Waals surface area contributed by atoms with E-state index in [1.165, 1.54) is 30.6 Å². The lowest BCUT2D eigenvalue weighted by Gasteiger charge is -2.31. The SMILES string of the molecule is Cc1cc2c(o1)CCC1(CC1)C2CCN. The van der Waals surface area contributed by atoms with Crippen molar-refractivity contribution in [2.45, 2.75) is 44.9 Å². The molecule has 1 fully saturated rings. The van der Waals surface area contributed by atoms with Crippen molar-refractivity contribution in [1.29, 1.82) is 0 Å². The van der Waals surface area contributed by atoms with Crippen molar-refractivity contribution in [2.75, 3.05) is 6.54 Å². The highest BCUT2D eigenvalue weighted by molar-refractivity contribution is 5.33. The molecule has 0 bridgehead atoms. The first-order chi connectivity index (χ1) is 7.25. The number of hydrogen-bond acceptors (Lipinski definition) is 2. The standard InChI is InChI=1S/C13H19NO/c1-9-8-10-11(3-7-14)13(5-6-13)4-2-12(10)15-9/h8,11H,2-7,14H2,1H3. The largest absolute Gasteiger partial charge is 0.466 e. The lowest BCUT2D eigenvalue weighted by molar-refractivity contribution is 0.309. The van der Waals surface area contributed by atoms with Gasteiger partial charge in [-0.25, -0.2) is 0 Å². The molecule has 1 saturated carbocycles. The summed E-state index contributed by atoms with van der Waals surface area (Å²) in [7, 11) is 0. The zero-order chi connectivity index (χ0) is 10.5. The Labute approximate surface area is 90.8 Å². The van der Waals surface area contributed by atoms with Crippen molar-refractivity contribution in [1.82, 2.24) is 0 Å². The first-order valence-corrected chi connectivity index (χ1v) is 6.04. The van der Waals surface area contributed by atoms with Gasteiger partial charge in [0.15, 0.2) is 0 Å². The summed E-state index contributed by atoms with van der Waals surface area (Å²) >= 11 is 0. The molecule has 1 spiro atoms. The van der Waals surface area contributed by atoms with E-state index in [9.17, 15) is 0 Å². The normalized spacial score (nSPS) is 26.7. The molecular formula is C13H19NO. The molecule has 0 aliphatic heterocycles. The van der Waals surface area contributed by atoms with E-state index in [4.69, 9.17) is 10.2 Å². The molecule has 0 saturated heterocycles. The number of fused-ring (bicyclic) bond motifs is 1. The minimum atomic E-state index is 0.614. The van der Waals surface area contributed by atoms with E-state index in [1.54, 1.807) is 0 Å². The van der Waals surface area contributed by atoms with Gasteiger partial charge in [0.2, 0.25) is 0 Å². The van der Waals surface area contributed by atoms with Gasteiger partial charge in [0.1, 0.15) is 11.5 Å². The van der Waals surface area contributed by atoms with Gasteiger partial charge in [0, 0.05) is 6.42 Å². The van der Waals surface area contributed by atoms with Gasteiger partial charge in [-0.05, 0) is 62.1 Å². The van der Waals surface area contributed by atoms with E-state index >= 15 is 0 Å². The Kier molecular flexibility index (Phi) is 1.96. The summed E-state index contributed by atoms with van der Waals surface area (Å²) in [6.45, 7) is 2.85. The van der Waals surface area contributed by atoms with Crippen LogP contribution in [0.25, 0.3) is 0 Å². The van der Waals surface area contributed by atoms with Crippen LogP contribution in [0.3, 0.4) is 0 Å². The Hall–Kier alpha value is -0.760. The second-order valence-electron chi connectivity index (χ2n) is 5.23. The zero-order valence-electron chi connectivity index (χ0n) is 9.38. The molecule has 0 radical (unpaired) electrons. The maximum atomic E-state index is 5.76. The van der Waals surface area contributed by atoms with Gasteiger partial charge < -0.3 is 10.2 Å². The van der Waals surface area contributed by atoms with Crippen molar-refractivity contribution in [3.8, 4) is 0 Å². The predicted octanol–water partition coefficient (Wildman–Crippen LogP) is 2.75. The Morgan fingerprint density at radius 1 is 1.47 bits per heavy atom. The summed E-state index contributed by atoms with van der Waals surface area (Å²) < 4.78 is 5.76. The number of nitrogens with two attached hydrogens (primary N) is 1. The molecule has 2 nitrogen and oxygen atoms in total. The van der Waals surface area contributed by atoms with Crippen LogP contribution in [0.4, 0.5) is 0 Å². The number of hydrogen-bond donors (Lipinski definition) is 1. The maximum absolute atomic E-state index is 5.76. The van der Waals surface area contributed by atoms with Crippen molar-refractivity contribution < 1.29 is 4.42 Å². The third-order valence-electron chi connectivity index (χ3n) is 4.28. The Morgan fingerprint density at radius 2 is 2.27 bits per heavy atom. The van der Waals surface area contributed by atoms with Crippen LogP contribution in [-0.2, 0) is 6.42 Å². The molecule has 0 aromatic carbocycles. The van der Waals surface area contributed by atoms with Gasteiger partial charge in [0.05, 0.1) is 0 Å². The zero-order valence-corrected chi connectivity index (χ0v) is 9.38. The second kappa shape index (κ2) is 3.11. The van der Waals surface area contributed by atoms with Crippen molar-refractivity contribution >= 4 is 0 Å². The monoisotopic (exact) mass is 205 g/mol. The molecule has 2 N–H and O–H groups in total. The average Bonchev–Trinajstić information content (AvgIpc) is 2.88. The van der Waals surface area contributed by atoms with E-state index < -0.39 is 0 Å². The summed E-state index contributed by atoms with van der Waals surface area (Å²) in [5.74, 6) is 2.99. The molecule has 1 aromatic heterocycles. The highest BCUT2D eigenvalue weighted by Gasteiger charge is 2.52. The fourth-order valence-electron chi connectivity index (χ4n) is 3.33. The van der Waals surface area contributed by atoms with Crippen LogP contribution in [0.1, 0.15) is 48.7 Å². The summed E-state index contributed by atoms with van der Waals surface area (Å²) in [6, 6.07) is 2.24. The molecule has 0 amide bonds. The van der Waals surface area contributed by atoms with E-state index in [0.717, 1.165) is 25.1 Å². The van der Waals surface area contributed by atoms with Gasteiger partial charge in [-0.1, -0.05) is 0 Å². The smallest absolute Gasteiger partial charge is 0.107 e. The van der Waals surface area contributed by atoms with Crippen LogP contribution in [0.2, 0.25) is 0 Å². The third kappa shape index (κ3) is 1.35. The van der Waals surface area contributed by atoms with Gasteiger partial charge in [-0.3, -0.25) is 0 Å². The molecular weight excluding hydrogens is 186 g/mol. The number of furan rings is 1. The molecule has 1 aromatic rings. The highest BCUT2D eigenvalue weighted by atomic mass is 16.3. The molecule has 82 valence electrons. The summed E-state index contributed by atoms with van der Waals surface area (Å²) in [6.07, 6.45) is 6.40. The molecule has 15 heavy (non-hydrogen) atoms. The van der Waals surface area contributed by atoms with Crippen LogP contribution in [-0.4, -0.2) is 6.54 Å². The molecule has 1 heterocycles. The van der Waals surface area contributed by atoms with E-state index in [2.05, 4.69) is 13.0 Å². The van der Waals surface area contributed by atoms with Gasteiger partial charge >= 0.3 is 0 Å². The van der Waals surface area contributed by atoms with Crippen LogP contribution in [0.5, 0.6) is 0 Å². The average molecular weight is 205 g/mol. The maximum Gasteiger partial charge on any atom is 0.107 e. The van der Waals surface area contributed by atoms with Gasteiger partial charge in [0.25, 0.3) is 0 Å². The fourth-order valence-corrected chi connectivity index (χ4v) is 3.33. The summed E-state index contributed by atoms with van der Waals surface area (Å²) in [4.78, 5) is 0. The van der Waals surface area contributed by atoms with E-state index in [0.29, 0.717) is 11.3 Å². The van der Waals surface area contributed by atoms with Crippen molar-refractivity contribution in [2.24, 2.45) is 11.1 Å². The lowest BCUT2D eigenvalue weighted by atomic mass is 9.73. The molecule has 1 atom stereocenters. The Bertz CT molecular complexity index is 376. The van der Waals surface area contributed by atoms with Gasteiger partial charge in [-0.2, -0.15) is 0 Å². The van der Waals surface area contributed by atoms with Crippen LogP contribution >= 0.6 is 0 Å². The minimum absolute atomic E-state index is 0.614. The number of aryl methyl sites for hydroxylation is 2.